The van der Waals surface area contributed by atoms with E-state index >= 15 is 0 Å². The third-order valence-corrected chi connectivity index (χ3v) is 3.67. The van der Waals surface area contributed by atoms with Crippen molar-refractivity contribution in [2.45, 2.75) is 13.8 Å². The van der Waals surface area contributed by atoms with E-state index in [1.54, 1.807) is 0 Å². The normalized spacial score (nSPS) is 24.4. The van der Waals surface area contributed by atoms with Crippen molar-refractivity contribution in [3.63, 3.8) is 0 Å². The van der Waals surface area contributed by atoms with Crippen molar-refractivity contribution in [2.75, 3.05) is 19.6 Å². The molecule has 0 radical (unpaired) electrons. The molecule has 1 aromatic rings. The molecule has 1 saturated heterocycles. The van der Waals surface area contributed by atoms with Crippen LogP contribution in [0.3, 0.4) is 0 Å². The zero-order valence-electron chi connectivity index (χ0n) is 10.6. The number of nitrogens with zero attached hydrogens (tertiary/aromatic N) is 1. The molecular weight excluding hydrogens is 236 g/mol. The lowest BCUT2D eigenvalue weighted by molar-refractivity contribution is 0.0942. The minimum Gasteiger partial charge on any atom is -0.295 e. The first kappa shape index (κ1) is 13.1. The standard InChI is InChI=1S/C14H17F2NO/c1-9-6-17(7-10(9)2)8-14(18)11-3-4-12(15)13(16)5-11/h3-5,9-10H,6-8H2,1-2H3. The van der Waals surface area contributed by atoms with Crippen molar-refractivity contribution >= 4 is 5.78 Å². The molecule has 18 heavy (non-hydrogen) atoms. The van der Waals surface area contributed by atoms with E-state index in [4.69, 9.17) is 0 Å². The van der Waals surface area contributed by atoms with Gasteiger partial charge in [-0.25, -0.2) is 8.78 Å². The van der Waals surface area contributed by atoms with Crippen LogP contribution in [0.25, 0.3) is 0 Å². The van der Waals surface area contributed by atoms with Crippen molar-refractivity contribution in [3.05, 3.63) is 35.4 Å². The lowest BCUT2D eigenvalue weighted by Crippen LogP contribution is -2.28. The summed E-state index contributed by atoms with van der Waals surface area (Å²) in [5.41, 5.74) is 0.237. The van der Waals surface area contributed by atoms with E-state index in [9.17, 15) is 13.6 Å². The molecule has 4 heteroatoms. The first-order valence-corrected chi connectivity index (χ1v) is 6.18. The van der Waals surface area contributed by atoms with Gasteiger partial charge in [-0.1, -0.05) is 13.8 Å². The average molecular weight is 253 g/mol. The van der Waals surface area contributed by atoms with E-state index in [2.05, 4.69) is 18.7 Å². The van der Waals surface area contributed by atoms with E-state index in [0.717, 1.165) is 25.2 Å². The molecule has 1 fully saturated rings. The van der Waals surface area contributed by atoms with Gasteiger partial charge in [-0.15, -0.1) is 0 Å². The lowest BCUT2D eigenvalue weighted by Gasteiger charge is -2.14. The third-order valence-electron chi connectivity index (χ3n) is 3.67. The van der Waals surface area contributed by atoms with Crippen molar-refractivity contribution in [1.29, 1.82) is 0 Å². The van der Waals surface area contributed by atoms with Gasteiger partial charge in [0.1, 0.15) is 0 Å². The lowest BCUT2D eigenvalue weighted by atomic mass is 10.0. The van der Waals surface area contributed by atoms with E-state index in [0.29, 0.717) is 11.8 Å². The summed E-state index contributed by atoms with van der Waals surface area (Å²) in [7, 11) is 0. The van der Waals surface area contributed by atoms with Gasteiger partial charge in [0.05, 0.1) is 6.54 Å². The SMILES string of the molecule is CC1CN(CC(=O)c2ccc(F)c(F)c2)CC1C. The molecule has 2 unspecified atom stereocenters. The number of benzene rings is 1. The second kappa shape index (κ2) is 5.14. The molecule has 0 N–H and O–H groups in total. The van der Waals surface area contributed by atoms with Crippen molar-refractivity contribution in [2.24, 2.45) is 11.8 Å². The Morgan fingerprint density at radius 3 is 2.39 bits per heavy atom. The number of ketones is 1. The zero-order valence-corrected chi connectivity index (χ0v) is 10.6. The number of rotatable bonds is 3. The third kappa shape index (κ3) is 2.75. The Morgan fingerprint density at radius 2 is 1.83 bits per heavy atom. The summed E-state index contributed by atoms with van der Waals surface area (Å²) in [6, 6.07) is 3.31. The monoisotopic (exact) mass is 253 g/mol. The molecule has 1 aromatic carbocycles. The van der Waals surface area contributed by atoms with Crippen LogP contribution >= 0.6 is 0 Å². The fraction of sp³-hybridized carbons (Fsp3) is 0.500. The number of hydrogen-bond acceptors (Lipinski definition) is 2. The highest BCUT2D eigenvalue weighted by Crippen LogP contribution is 2.22. The van der Waals surface area contributed by atoms with Crippen molar-refractivity contribution in [3.8, 4) is 0 Å². The molecule has 2 nitrogen and oxygen atoms in total. The molecular formula is C14H17F2NO. The fourth-order valence-electron chi connectivity index (χ4n) is 2.34. The highest BCUT2D eigenvalue weighted by molar-refractivity contribution is 5.97. The van der Waals surface area contributed by atoms with Crippen LogP contribution in [0, 0.1) is 23.5 Å². The molecule has 0 bridgehead atoms. The van der Waals surface area contributed by atoms with Crippen LogP contribution in [-0.4, -0.2) is 30.3 Å². The minimum atomic E-state index is -0.969. The number of Topliss-reactive ketones (excluding diaryl/α,β-unsaturated/α-hetero) is 1. The predicted octanol–water partition coefficient (Wildman–Crippen LogP) is 2.74. The van der Waals surface area contributed by atoms with Crippen LogP contribution in [0.1, 0.15) is 24.2 Å². The second-order valence-electron chi connectivity index (χ2n) is 5.20. The molecule has 1 heterocycles. The summed E-state index contributed by atoms with van der Waals surface area (Å²) in [6.07, 6.45) is 0. The van der Waals surface area contributed by atoms with E-state index in [1.165, 1.54) is 6.07 Å². The summed E-state index contributed by atoms with van der Waals surface area (Å²) >= 11 is 0. The van der Waals surface area contributed by atoms with Gasteiger partial charge in [-0.2, -0.15) is 0 Å². The molecule has 98 valence electrons. The maximum absolute atomic E-state index is 13.0. The number of carbonyl (C=O) groups excluding carboxylic acids is 1. The minimum absolute atomic E-state index is 0.157. The van der Waals surface area contributed by atoms with E-state index in [-0.39, 0.29) is 17.9 Å². The predicted molar refractivity (Wildman–Crippen MR) is 65.5 cm³/mol. The van der Waals surface area contributed by atoms with Gasteiger partial charge in [0.15, 0.2) is 17.4 Å². The molecule has 0 saturated carbocycles. The maximum Gasteiger partial charge on any atom is 0.176 e. The van der Waals surface area contributed by atoms with Crippen LogP contribution in [0.15, 0.2) is 18.2 Å². The van der Waals surface area contributed by atoms with Gasteiger partial charge in [0, 0.05) is 18.7 Å². The van der Waals surface area contributed by atoms with Crippen molar-refractivity contribution < 1.29 is 13.6 Å². The van der Waals surface area contributed by atoms with Gasteiger partial charge in [0.2, 0.25) is 0 Å². The fourth-order valence-corrected chi connectivity index (χ4v) is 2.34. The summed E-state index contributed by atoms with van der Waals surface area (Å²) in [4.78, 5) is 14.0. The quantitative estimate of drug-likeness (QED) is 0.772. The number of hydrogen-bond donors (Lipinski definition) is 0. The van der Waals surface area contributed by atoms with Gasteiger partial charge in [-0.3, -0.25) is 9.69 Å². The Bertz CT molecular complexity index is 451. The van der Waals surface area contributed by atoms with Gasteiger partial charge < -0.3 is 0 Å². The molecule has 0 amide bonds. The van der Waals surface area contributed by atoms with Crippen molar-refractivity contribution in [1.82, 2.24) is 4.90 Å². The van der Waals surface area contributed by atoms with Gasteiger partial charge >= 0.3 is 0 Å². The summed E-state index contributed by atoms with van der Waals surface area (Å²) in [5.74, 6) is -0.903. The highest BCUT2D eigenvalue weighted by atomic mass is 19.2. The van der Waals surface area contributed by atoms with Crippen LogP contribution in [-0.2, 0) is 0 Å². The molecule has 2 atom stereocenters. The molecule has 0 aliphatic carbocycles. The van der Waals surface area contributed by atoms with Gasteiger partial charge in [0.25, 0.3) is 0 Å². The topological polar surface area (TPSA) is 20.3 Å². The van der Waals surface area contributed by atoms with Gasteiger partial charge in [-0.05, 0) is 30.0 Å². The summed E-state index contributed by atoms with van der Waals surface area (Å²) < 4.78 is 25.8. The average Bonchev–Trinajstić information content (AvgIpc) is 2.61. The largest absolute Gasteiger partial charge is 0.295 e. The first-order valence-electron chi connectivity index (χ1n) is 6.18. The highest BCUT2D eigenvalue weighted by Gasteiger charge is 2.27. The Kier molecular flexibility index (Phi) is 3.76. The van der Waals surface area contributed by atoms with Crippen LogP contribution in [0.4, 0.5) is 8.78 Å². The number of carbonyl (C=O) groups is 1. The zero-order chi connectivity index (χ0) is 13.3. The Hall–Kier alpha value is -1.29. The van der Waals surface area contributed by atoms with E-state index < -0.39 is 11.6 Å². The van der Waals surface area contributed by atoms with Crippen LogP contribution in [0.2, 0.25) is 0 Å². The smallest absolute Gasteiger partial charge is 0.176 e. The maximum atomic E-state index is 13.0. The Morgan fingerprint density at radius 1 is 1.22 bits per heavy atom. The van der Waals surface area contributed by atoms with Crippen LogP contribution in [0.5, 0.6) is 0 Å². The van der Waals surface area contributed by atoms with E-state index in [1.807, 2.05) is 0 Å². The van der Waals surface area contributed by atoms with Crippen LogP contribution < -0.4 is 0 Å². The molecule has 0 aromatic heterocycles. The first-order chi connectivity index (χ1) is 8.47. The Labute approximate surface area is 106 Å². The molecule has 0 spiro atoms. The second-order valence-corrected chi connectivity index (χ2v) is 5.20. The number of likely N-dealkylation sites (tertiary alicyclic amines) is 1. The molecule has 1 aliphatic rings. The molecule has 2 rings (SSSR count). The summed E-state index contributed by atoms with van der Waals surface area (Å²) in [5, 5.41) is 0. The summed E-state index contributed by atoms with van der Waals surface area (Å²) in [6.45, 7) is 6.37. The Balaban J connectivity index is 2.02. The molecule has 1 aliphatic heterocycles. The number of halogens is 2.